The van der Waals surface area contributed by atoms with Crippen LogP contribution in [0.5, 0.6) is 11.8 Å². The van der Waals surface area contributed by atoms with Crippen molar-refractivity contribution in [3.05, 3.63) is 60.4 Å². The summed E-state index contributed by atoms with van der Waals surface area (Å²) in [5, 5.41) is 12.5. The van der Waals surface area contributed by atoms with E-state index < -0.39 is 15.9 Å². The standard InChI is InChI=1S/C43H59N9O5S/c1-39(2)24-28-12-11-20-44-32-13-10-14-36(45-32)58(54,55)49-38(53)29-15-16-33(46-37(29)51(39)25-28)52-22-18-35(48-52)57-27-31-42(7,8)43(31,9)19-23-50-21-17-34(47-50)56-26-30-40(3,4)41(30,5)6/h10,13-18,21-22,28,30-31H,11-12,19-20,23-27H2,1-9H3,(H,44,45)(H,49,53). The van der Waals surface area contributed by atoms with Crippen LogP contribution in [0.25, 0.3) is 5.82 Å². The molecule has 4 aromatic heterocycles. The van der Waals surface area contributed by atoms with Gasteiger partial charge in [-0.1, -0.05) is 54.5 Å². The number of pyridine rings is 2. The van der Waals surface area contributed by atoms with Gasteiger partial charge in [0.15, 0.2) is 10.8 Å². The number of fused-ring (bicyclic) bond motifs is 6. The Morgan fingerprint density at radius 2 is 1.53 bits per heavy atom. The lowest BCUT2D eigenvalue weighted by molar-refractivity contribution is 0.0981. The fourth-order valence-corrected chi connectivity index (χ4v) is 10.9. The molecule has 2 N–H and O–H groups in total. The van der Waals surface area contributed by atoms with Crippen molar-refractivity contribution in [2.45, 2.75) is 105 Å². The number of aryl methyl sites for hydroxylation is 1. The number of carbonyl (C=O) groups excluding carboxylic acids is 1. The van der Waals surface area contributed by atoms with E-state index in [9.17, 15) is 13.2 Å². The molecule has 15 heteroatoms. The summed E-state index contributed by atoms with van der Waals surface area (Å²) in [7, 11) is -4.26. The van der Waals surface area contributed by atoms with Crippen LogP contribution in [0.1, 0.15) is 98.4 Å². The van der Waals surface area contributed by atoms with Crippen LogP contribution in [0, 0.1) is 39.4 Å². The maximum Gasteiger partial charge on any atom is 0.281 e. The Bertz CT molecular complexity index is 2300. The summed E-state index contributed by atoms with van der Waals surface area (Å²) in [4.78, 5) is 25.2. The fraction of sp³-hybridized carbons (Fsp3) is 0.605. The summed E-state index contributed by atoms with van der Waals surface area (Å²) in [5.74, 6) is 2.94. The van der Waals surface area contributed by atoms with Crippen LogP contribution < -0.4 is 24.4 Å². The molecule has 2 aliphatic carbocycles. The second kappa shape index (κ2) is 14.0. The zero-order valence-electron chi connectivity index (χ0n) is 35.4. The van der Waals surface area contributed by atoms with E-state index in [0.717, 1.165) is 32.2 Å². The summed E-state index contributed by atoms with van der Waals surface area (Å²) in [6, 6.07) is 11.8. The number of nitrogens with zero attached hydrogens (tertiary/aromatic N) is 7. The van der Waals surface area contributed by atoms with Crippen LogP contribution in [0.4, 0.5) is 11.6 Å². The molecule has 4 bridgehead atoms. The van der Waals surface area contributed by atoms with Gasteiger partial charge >= 0.3 is 0 Å². The summed E-state index contributed by atoms with van der Waals surface area (Å²) >= 11 is 0. The molecule has 0 radical (unpaired) electrons. The number of aromatic nitrogens is 6. The predicted molar refractivity (Wildman–Crippen MR) is 222 cm³/mol. The molecule has 2 saturated carbocycles. The van der Waals surface area contributed by atoms with E-state index in [2.05, 4.69) is 82.2 Å². The number of anilines is 2. The molecule has 3 unspecified atom stereocenters. The highest BCUT2D eigenvalue weighted by atomic mass is 32.2. The summed E-state index contributed by atoms with van der Waals surface area (Å²) < 4.78 is 45.1. The molecule has 14 nitrogen and oxygen atoms in total. The van der Waals surface area contributed by atoms with Gasteiger partial charge in [-0.05, 0) is 91.4 Å². The first-order valence-electron chi connectivity index (χ1n) is 20.6. The zero-order chi connectivity index (χ0) is 41.5. The third kappa shape index (κ3) is 7.10. The Kier molecular flexibility index (Phi) is 9.67. The lowest BCUT2D eigenvalue weighted by atomic mass is 9.93. The maximum absolute atomic E-state index is 13.8. The molecule has 58 heavy (non-hydrogen) atoms. The van der Waals surface area contributed by atoms with Gasteiger partial charge < -0.3 is 19.7 Å². The van der Waals surface area contributed by atoms with Crippen LogP contribution in [0.3, 0.4) is 0 Å². The molecular formula is C43H59N9O5S. The minimum Gasteiger partial charge on any atom is -0.476 e. The monoisotopic (exact) mass is 813 g/mol. The Hall–Kier alpha value is -4.66. The van der Waals surface area contributed by atoms with E-state index in [4.69, 9.17) is 24.7 Å². The van der Waals surface area contributed by atoms with Crippen molar-refractivity contribution >= 4 is 27.6 Å². The molecule has 8 rings (SSSR count). The Labute approximate surface area is 342 Å². The average molecular weight is 814 g/mol. The maximum atomic E-state index is 13.8. The number of sulfonamides is 1. The number of nitrogens with one attached hydrogen (secondary N) is 2. The van der Waals surface area contributed by atoms with E-state index in [1.54, 1.807) is 35.1 Å². The number of amides is 1. The SMILES string of the molecule is CC1(C)CC2CCCNc3cccc(n3)S(=O)(=O)NC(=O)c3ccc(-n4ccc(OCC5C(C)(C)C5(C)CCn5ccc(OCC6C(C)(C)C6(C)C)n5)n4)nc3N1C2. The molecule has 4 aromatic rings. The molecule has 0 aromatic carbocycles. The van der Waals surface area contributed by atoms with Crippen molar-refractivity contribution in [3.63, 3.8) is 0 Å². The minimum atomic E-state index is -4.26. The van der Waals surface area contributed by atoms with E-state index in [0.29, 0.717) is 73.3 Å². The van der Waals surface area contributed by atoms with E-state index in [1.165, 1.54) is 6.07 Å². The van der Waals surface area contributed by atoms with Gasteiger partial charge in [-0.2, -0.15) is 8.42 Å². The van der Waals surface area contributed by atoms with Gasteiger partial charge in [-0.15, -0.1) is 10.2 Å². The van der Waals surface area contributed by atoms with Crippen LogP contribution >= 0.6 is 0 Å². The van der Waals surface area contributed by atoms with Crippen molar-refractivity contribution in [3.8, 4) is 17.6 Å². The summed E-state index contributed by atoms with van der Waals surface area (Å²) in [5.41, 5.74) is 0.509. The van der Waals surface area contributed by atoms with Gasteiger partial charge in [0.05, 0.1) is 18.8 Å². The summed E-state index contributed by atoms with van der Waals surface area (Å²) in [6.07, 6.45) is 7.50. The zero-order valence-corrected chi connectivity index (χ0v) is 36.2. The van der Waals surface area contributed by atoms with Gasteiger partial charge in [-0.25, -0.2) is 19.4 Å². The van der Waals surface area contributed by atoms with Crippen molar-refractivity contribution in [2.24, 2.45) is 39.4 Å². The molecule has 4 aliphatic rings. The smallest absolute Gasteiger partial charge is 0.281 e. The molecule has 2 aliphatic heterocycles. The number of carbonyl (C=O) groups is 1. The topological polar surface area (TPSA) is 158 Å². The number of hydrogen-bond acceptors (Lipinski definition) is 11. The van der Waals surface area contributed by atoms with Gasteiger partial charge in [0.25, 0.3) is 15.9 Å². The molecule has 6 heterocycles. The van der Waals surface area contributed by atoms with Crippen molar-refractivity contribution in [1.29, 1.82) is 0 Å². The van der Waals surface area contributed by atoms with E-state index in [-0.39, 0.29) is 37.8 Å². The van der Waals surface area contributed by atoms with Gasteiger partial charge in [0.2, 0.25) is 11.8 Å². The van der Waals surface area contributed by atoms with Crippen LogP contribution in [0.2, 0.25) is 0 Å². The largest absolute Gasteiger partial charge is 0.476 e. The predicted octanol–water partition coefficient (Wildman–Crippen LogP) is 6.98. The molecule has 1 saturated heterocycles. The van der Waals surface area contributed by atoms with Crippen LogP contribution in [-0.4, -0.2) is 75.7 Å². The highest BCUT2D eigenvalue weighted by molar-refractivity contribution is 7.90. The third-order valence-electron chi connectivity index (χ3n) is 15.1. The fourth-order valence-electron chi connectivity index (χ4n) is 9.98. The lowest BCUT2D eigenvalue weighted by Crippen LogP contribution is -2.41. The second-order valence-electron chi connectivity index (χ2n) is 19.5. The minimum absolute atomic E-state index is 0.0540. The van der Waals surface area contributed by atoms with Crippen LogP contribution in [-0.2, 0) is 16.6 Å². The summed E-state index contributed by atoms with van der Waals surface area (Å²) in [6.45, 7) is 23.8. The Morgan fingerprint density at radius 3 is 2.28 bits per heavy atom. The quantitative estimate of drug-likeness (QED) is 0.170. The normalized spacial score (nSPS) is 26.4. The highest BCUT2D eigenvalue weighted by Crippen LogP contribution is 2.70. The molecule has 312 valence electrons. The number of rotatable bonds is 10. The number of hydrogen-bond donors (Lipinski definition) is 2. The second-order valence-corrected chi connectivity index (χ2v) is 21.1. The average Bonchev–Trinajstić information content (AvgIpc) is 3.62. The van der Waals surface area contributed by atoms with Crippen molar-refractivity contribution in [1.82, 2.24) is 34.3 Å². The molecule has 3 atom stereocenters. The molecule has 3 fully saturated rings. The first-order chi connectivity index (χ1) is 27.2. The Morgan fingerprint density at radius 1 is 0.828 bits per heavy atom. The van der Waals surface area contributed by atoms with E-state index >= 15 is 0 Å². The van der Waals surface area contributed by atoms with E-state index in [1.807, 2.05) is 23.0 Å². The Balaban J connectivity index is 0.948. The first-order valence-corrected chi connectivity index (χ1v) is 22.1. The first kappa shape index (κ1) is 40.1. The molecule has 0 spiro atoms. The van der Waals surface area contributed by atoms with Gasteiger partial charge in [0, 0.05) is 61.5 Å². The highest BCUT2D eigenvalue weighted by Gasteiger charge is 2.67. The third-order valence-corrected chi connectivity index (χ3v) is 16.3. The lowest BCUT2D eigenvalue weighted by Gasteiger charge is -2.34. The van der Waals surface area contributed by atoms with Gasteiger partial charge in [-0.3, -0.25) is 9.48 Å². The van der Waals surface area contributed by atoms with Crippen LogP contribution in [0.15, 0.2) is 59.9 Å². The van der Waals surface area contributed by atoms with Gasteiger partial charge in [0.1, 0.15) is 11.6 Å². The van der Waals surface area contributed by atoms with Crippen molar-refractivity contribution < 1.29 is 22.7 Å². The molecular weight excluding hydrogens is 755 g/mol. The van der Waals surface area contributed by atoms with Crippen molar-refractivity contribution in [2.75, 3.05) is 36.5 Å². The molecule has 1 amide bonds. The number of ether oxygens (including phenoxy) is 2.